The predicted octanol–water partition coefficient (Wildman–Crippen LogP) is 17.0. The van der Waals surface area contributed by atoms with Crippen LogP contribution in [-0.4, -0.2) is 36.7 Å². The van der Waals surface area contributed by atoms with Gasteiger partial charge in [0.25, 0.3) is 0 Å². The van der Waals surface area contributed by atoms with Gasteiger partial charge in [0.2, 0.25) is 0 Å². The number of allylic oxidation sites excluding steroid dienone is 15. The zero-order valence-corrected chi connectivity index (χ0v) is 47.1. The van der Waals surface area contributed by atoms with Gasteiger partial charge in [0.05, 0.1) is 18.0 Å². The van der Waals surface area contributed by atoms with Crippen LogP contribution in [0.3, 0.4) is 0 Å². The first-order valence-electron chi connectivity index (χ1n) is 25.1. The summed E-state index contributed by atoms with van der Waals surface area (Å²) in [5.41, 5.74) is 0. The van der Waals surface area contributed by atoms with Crippen LogP contribution < -0.4 is 0 Å². The number of rotatable bonds is 2. The fraction of sp³-hybridized carbons (Fsp3) is 0.702. The van der Waals surface area contributed by atoms with Gasteiger partial charge in [-0.3, -0.25) is 4.79 Å². The van der Waals surface area contributed by atoms with Gasteiger partial charge < -0.3 is 18.9 Å². The van der Waals surface area contributed by atoms with Crippen molar-refractivity contribution in [1.29, 1.82) is 0 Å². The van der Waals surface area contributed by atoms with Gasteiger partial charge in [-0.15, -0.1) is 0 Å². The van der Waals surface area contributed by atoms with Crippen LogP contribution in [-0.2, 0) is 23.7 Å². The maximum absolute atomic E-state index is 13.1. The number of esters is 1. The molecule has 3 aliphatic heterocycles. The molecule has 64 heavy (non-hydrogen) atoms. The minimum atomic E-state index is -0.251. The smallest absolute Gasteiger partial charge is 0.306 e. The zero-order valence-electron chi connectivity index (χ0n) is 42.8. The molecule has 3 heterocycles. The van der Waals surface area contributed by atoms with Gasteiger partial charge in [-0.05, 0) is 104 Å². The molecule has 0 aliphatic carbocycles. The first-order valence-corrected chi connectivity index (χ1v) is 31.4. The van der Waals surface area contributed by atoms with E-state index in [1.807, 2.05) is 30.4 Å². The van der Waals surface area contributed by atoms with Crippen LogP contribution in [0.15, 0.2) is 96.9 Å². The van der Waals surface area contributed by atoms with Gasteiger partial charge in [-0.2, -0.15) is 0 Å². The first kappa shape index (κ1) is 58.7. The fourth-order valence-electron chi connectivity index (χ4n) is 9.67. The summed E-state index contributed by atoms with van der Waals surface area (Å²) < 4.78 is 26.3. The van der Waals surface area contributed by atoms with Crippen LogP contribution in [0.5, 0.6) is 0 Å². The summed E-state index contributed by atoms with van der Waals surface area (Å²) in [6, 6.07) is 0. The average molecular weight is 1110 g/mol. The van der Waals surface area contributed by atoms with E-state index in [9.17, 15) is 4.79 Å². The number of fused-ring (bicyclic) bond motifs is 2. The maximum Gasteiger partial charge on any atom is 0.306 e. The Morgan fingerprint density at radius 2 is 1.02 bits per heavy atom. The van der Waals surface area contributed by atoms with E-state index in [0.717, 1.165) is 25.0 Å². The SMILES string of the molecule is CC1OC(O[C@H]2/C=C/C=C/C=C/C=C/C=C/C=C/C=C/[C@H](C)[C@@H](C)[C@@H](C)[C@H](C)OC(=O)C[C@H](C)C[C@H](C)CC[C@@H](C)[C@H](C)C[C@H](C)CC3=C[C@H](C)[C@@H](C)[C@H](C2)O3)C(C)C(C)C1C.II. The normalized spacial score (nSPS) is 43.3. The third-order valence-corrected chi connectivity index (χ3v) is 15.5. The number of halogens is 2. The van der Waals surface area contributed by atoms with Crippen molar-refractivity contribution in [2.45, 2.75) is 180 Å². The van der Waals surface area contributed by atoms with E-state index < -0.39 is 0 Å². The largest absolute Gasteiger partial charge is 0.495 e. The molecule has 3 rings (SSSR count). The summed E-state index contributed by atoms with van der Waals surface area (Å²) in [5, 5.41) is 0. The first-order chi connectivity index (χ1) is 30.4. The Labute approximate surface area is 417 Å². The van der Waals surface area contributed by atoms with E-state index in [-0.39, 0.29) is 42.6 Å². The summed E-state index contributed by atoms with van der Waals surface area (Å²) in [6.45, 7) is 34.4. The van der Waals surface area contributed by atoms with E-state index >= 15 is 0 Å². The number of cyclic esters (lactones) is 1. The summed E-state index contributed by atoms with van der Waals surface area (Å²) in [4.78, 5) is 13.1. The molecule has 0 aromatic carbocycles. The topological polar surface area (TPSA) is 54.0 Å². The Kier molecular flexibility index (Phi) is 29.0. The molecule has 5 unspecified atom stereocenters. The molecule has 7 heteroatoms. The molecule has 0 N–H and O–H groups in total. The van der Waals surface area contributed by atoms with Crippen LogP contribution in [0.25, 0.3) is 0 Å². The van der Waals surface area contributed by atoms with E-state index in [1.165, 1.54) is 19.3 Å². The van der Waals surface area contributed by atoms with Crippen molar-refractivity contribution in [3.8, 4) is 0 Å². The lowest BCUT2D eigenvalue weighted by Gasteiger charge is -2.43. The molecule has 3 aliphatic rings. The van der Waals surface area contributed by atoms with Crippen LogP contribution in [0.4, 0.5) is 0 Å². The maximum atomic E-state index is 13.1. The molecule has 1 saturated heterocycles. The lowest BCUT2D eigenvalue weighted by molar-refractivity contribution is -0.256. The minimum Gasteiger partial charge on any atom is -0.495 e. The molecule has 5 nitrogen and oxygen atoms in total. The van der Waals surface area contributed by atoms with Crippen molar-refractivity contribution in [2.24, 2.45) is 76.9 Å². The van der Waals surface area contributed by atoms with Gasteiger partial charge in [0.1, 0.15) is 12.2 Å². The van der Waals surface area contributed by atoms with Gasteiger partial charge in [0.15, 0.2) is 6.29 Å². The number of carbonyl (C=O) groups excluding carboxylic acids is 1. The summed E-state index contributed by atoms with van der Waals surface area (Å²) in [7, 11) is 0. The molecule has 0 amide bonds. The molecule has 0 aromatic rings. The number of hydrogen-bond donors (Lipinski definition) is 0. The number of hydrogen-bond acceptors (Lipinski definition) is 5. The second kappa shape index (κ2) is 31.6. The third kappa shape index (κ3) is 21.3. The van der Waals surface area contributed by atoms with Crippen molar-refractivity contribution in [1.82, 2.24) is 0 Å². The molecule has 364 valence electrons. The van der Waals surface area contributed by atoms with Crippen molar-refractivity contribution in [3.63, 3.8) is 0 Å². The highest BCUT2D eigenvalue weighted by Gasteiger charge is 2.40. The Balaban J connectivity index is 0.00000694. The molecule has 18 atom stereocenters. The summed E-state index contributed by atoms with van der Waals surface area (Å²) in [5.74, 6) is 6.88. The highest BCUT2D eigenvalue weighted by molar-refractivity contribution is 15.0. The fourth-order valence-corrected chi connectivity index (χ4v) is 9.67. The highest BCUT2D eigenvalue weighted by Crippen LogP contribution is 2.39. The van der Waals surface area contributed by atoms with Crippen molar-refractivity contribution in [2.75, 3.05) is 0 Å². The van der Waals surface area contributed by atoms with Gasteiger partial charge in [0, 0.05) is 62.4 Å². The van der Waals surface area contributed by atoms with E-state index in [1.54, 1.807) is 0 Å². The lowest BCUT2D eigenvalue weighted by atomic mass is 9.79. The number of ether oxygens (including phenoxy) is 4. The minimum absolute atomic E-state index is 0.0607. The Bertz CT molecular complexity index is 1560. The quantitative estimate of drug-likeness (QED) is 0.204. The summed E-state index contributed by atoms with van der Waals surface area (Å²) >= 11 is 4.24. The average Bonchev–Trinajstić information content (AvgIpc) is 3.24. The predicted molar refractivity (Wildman–Crippen MR) is 291 cm³/mol. The van der Waals surface area contributed by atoms with Gasteiger partial charge in [-0.25, -0.2) is 0 Å². The number of carbonyl (C=O) groups is 1. The van der Waals surface area contributed by atoms with Crippen LogP contribution in [0.1, 0.15) is 149 Å². The van der Waals surface area contributed by atoms with Crippen molar-refractivity contribution in [3.05, 3.63) is 96.9 Å². The Morgan fingerprint density at radius 3 is 1.61 bits per heavy atom. The lowest BCUT2D eigenvalue weighted by Crippen LogP contribution is -2.46. The molecule has 1 fully saturated rings. The highest BCUT2D eigenvalue weighted by atomic mass is 128. The van der Waals surface area contributed by atoms with Gasteiger partial charge >= 0.3 is 5.97 Å². The van der Waals surface area contributed by atoms with Crippen LogP contribution in [0, 0.1) is 76.9 Å². The standard InChI is InChI=1S/C57H92O5.I2/c1-38-30-31-41(4)43(6)33-40(3)34-54-36-44(7)46(9)55(61-54)37-53(62-57-50(13)47(10)49(12)52(15)60-57)29-27-25-23-21-19-17-16-18-20-22-24-26-28-42(5)45(8)48(11)51(14)59-56(58)35-39(2)32-38;1-2/h16-29,36,38-53,55,57H,30-35,37H2,1-15H3;/b17-16+,20-18+,21-19+,24-22+,25-23+,28-26+,29-27+;/t38-,39-,40+,41-,42+,43-,44+,45-,46-,47?,48-,49?,50?,51+,52?,53+,55+,57?;/m1./s1. The van der Waals surface area contributed by atoms with E-state index in [0.29, 0.717) is 77.4 Å². The van der Waals surface area contributed by atoms with Gasteiger partial charge in [-0.1, -0.05) is 188 Å². The Hall–Kier alpha value is -1.43. The van der Waals surface area contributed by atoms with Crippen molar-refractivity contribution < 1.29 is 23.7 Å². The third-order valence-electron chi connectivity index (χ3n) is 15.5. The van der Waals surface area contributed by atoms with Crippen LogP contribution >= 0.6 is 37.2 Å². The molecular weight excluding hydrogens is 1020 g/mol. The molecule has 0 spiro atoms. The molecule has 0 radical (unpaired) electrons. The van der Waals surface area contributed by atoms with E-state index in [4.69, 9.17) is 18.9 Å². The molecule has 0 aromatic heterocycles. The molecule has 2 bridgehead atoms. The summed E-state index contributed by atoms with van der Waals surface area (Å²) in [6.07, 6.45) is 38.2. The van der Waals surface area contributed by atoms with Crippen molar-refractivity contribution >= 4 is 43.2 Å². The van der Waals surface area contributed by atoms with Crippen LogP contribution in [0.2, 0.25) is 0 Å². The second-order valence-electron chi connectivity index (χ2n) is 20.9. The molecule has 0 saturated carbocycles. The zero-order chi connectivity index (χ0) is 47.9. The Morgan fingerprint density at radius 1 is 0.484 bits per heavy atom. The second-order valence-corrected chi connectivity index (χ2v) is 20.9. The monoisotopic (exact) mass is 1110 g/mol. The van der Waals surface area contributed by atoms with E-state index in [2.05, 4.69) is 202 Å². The molecular formula is C57H92I2O5.